The molecule has 0 amide bonds. The van der Waals surface area contributed by atoms with E-state index < -0.39 is 23.1 Å². The van der Waals surface area contributed by atoms with Crippen molar-refractivity contribution in [1.29, 1.82) is 0 Å². The summed E-state index contributed by atoms with van der Waals surface area (Å²) in [5.41, 5.74) is -2.15. The number of carbonyl (C=O) groups excluding carboxylic acids is 4. The van der Waals surface area contributed by atoms with Gasteiger partial charge in [0, 0.05) is 12.8 Å². The predicted molar refractivity (Wildman–Crippen MR) is 84.8 cm³/mol. The number of aldehydes is 2. The van der Waals surface area contributed by atoms with Crippen molar-refractivity contribution in [3.8, 4) is 0 Å². The Hall–Kier alpha value is -1.72. The molecule has 0 bridgehead atoms. The first-order chi connectivity index (χ1) is 10.9. The highest BCUT2D eigenvalue weighted by molar-refractivity contribution is 5.77. The molecular formula is C17H28O6. The summed E-state index contributed by atoms with van der Waals surface area (Å²) in [6.07, 6.45) is 3.26. The number of esters is 2. The van der Waals surface area contributed by atoms with Gasteiger partial charge in [0.1, 0.15) is 0 Å². The lowest BCUT2D eigenvalue weighted by molar-refractivity contribution is -0.165. The van der Waals surface area contributed by atoms with Crippen molar-refractivity contribution in [2.24, 2.45) is 0 Å². The van der Waals surface area contributed by atoms with Crippen LogP contribution in [0.25, 0.3) is 0 Å². The van der Waals surface area contributed by atoms with Gasteiger partial charge in [-0.15, -0.1) is 0 Å². The molecule has 0 aliphatic carbocycles. The molecule has 0 rings (SSSR count). The first-order valence-electron chi connectivity index (χ1n) is 8.22. The smallest absolute Gasteiger partial charge is 0.306 e. The number of carbonyl (C=O) groups is 4. The predicted octanol–water partition coefficient (Wildman–Crippen LogP) is 2.76. The van der Waals surface area contributed by atoms with Gasteiger partial charge in [-0.2, -0.15) is 0 Å². The molecule has 0 aromatic heterocycles. The van der Waals surface area contributed by atoms with E-state index >= 15 is 0 Å². The Morgan fingerprint density at radius 3 is 1.26 bits per heavy atom. The molecule has 0 atom stereocenters. The molecule has 0 heterocycles. The average Bonchev–Trinajstić information content (AvgIpc) is 2.58. The van der Waals surface area contributed by atoms with Crippen molar-refractivity contribution >= 4 is 24.5 Å². The van der Waals surface area contributed by atoms with Crippen LogP contribution in [0.15, 0.2) is 0 Å². The third kappa shape index (κ3) is 6.50. The van der Waals surface area contributed by atoms with Crippen molar-refractivity contribution in [3.05, 3.63) is 0 Å². The Morgan fingerprint density at radius 1 is 0.739 bits per heavy atom. The van der Waals surface area contributed by atoms with Crippen LogP contribution in [-0.4, -0.2) is 35.7 Å². The van der Waals surface area contributed by atoms with E-state index in [1.807, 2.05) is 0 Å². The molecule has 0 aliphatic heterocycles. The Bertz CT molecular complexity index is 369. The van der Waals surface area contributed by atoms with Crippen molar-refractivity contribution < 1.29 is 28.7 Å². The summed E-state index contributed by atoms with van der Waals surface area (Å²) in [6.45, 7) is 7.10. The molecule has 0 saturated heterocycles. The van der Waals surface area contributed by atoms with Crippen LogP contribution in [0.2, 0.25) is 0 Å². The average molecular weight is 328 g/mol. The zero-order valence-corrected chi connectivity index (χ0v) is 14.6. The molecule has 0 spiro atoms. The summed E-state index contributed by atoms with van der Waals surface area (Å²) < 4.78 is 10.4. The van der Waals surface area contributed by atoms with Crippen LogP contribution in [0, 0.1) is 0 Å². The maximum absolute atomic E-state index is 11.8. The lowest BCUT2D eigenvalue weighted by Crippen LogP contribution is -2.36. The molecule has 23 heavy (non-hydrogen) atoms. The van der Waals surface area contributed by atoms with E-state index in [-0.39, 0.29) is 19.3 Å². The molecule has 0 N–H and O–H groups in total. The highest BCUT2D eigenvalue weighted by Crippen LogP contribution is 2.21. The Morgan fingerprint density at radius 2 is 1.04 bits per heavy atom. The van der Waals surface area contributed by atoms with E-state index in [1.165, 1.54) is 0 Å². The fourth-order valence-corrected chi connectivity index (χ4v) is 2.10. The van der Waals surface area contributed by atoms with Gasteiger partial charge in [0.15, 0.2) is 23.8 Å². The number of hydrogen-bond acceptors (Lipinski definition) is 6. The van der Waals surface area contributed by atoms with Crippen LogP contribution < -0.4 is 0 Å². The highest BCUT2D eigenvalue weighted by atomic mass is 16.6. The van der Waals surface area contributed by atoms with E-state index in [4.69, 9.17) is 9.47 Å². The Labute approximate surface area is 137 Å². The molecule has 132 valence electrons. The van der Waals surface area contributed by atoms with Crippen molar-refractivity contribution in [2.45, 2.75) is 83.8 Å². The summed E-state index contributed by atoms with van der Waals surface area (Å²) in [5, 5.41) is 0. The Kier molecular flexibility index (Phi) is 9.37. The van der Waals surface area contributed by atoms with Crippen LogP contribution >= 0.6 is 0 Å². The largest absolute Gasteiger partial charge is 0.451 e. The number of rotatable bonds is 12. The standard InChI is InChI=1S/C17H28O6/c1-5-16(6-2,12-18)22-14(20)10-9-11-15(21)23-17(7-3,8-4)13-19/h12-13H,5-11H2,1-4H3. The summed E-state index contributed by atoms with van der Waals surface area (Å²) in [6, 6.07) is 0. The molecule has 0 radical (unpaired) electrons. The molecule has 0 aromatic carbocycles. The first-order valence-corrected chi connectivity index (χ1v) is 8.22. The van der Waals surface area contributed by atoms with Gasteiger partial charge in [0.2, 0.25) is 0 Å². The number of hydrogen-bond donors (Lipinski definition) is 0. The van der Waals surface area contributed by atoms with Gasteiger partial charge in [-0.25, -0.2) is 0 Å². The number of ether oxygens (including phenoxy) is 2. The van der Waals surface area contributed by atoms with Crippen LogP contribution in [0.1, 0.15) is 72.6 Å². The van der Waals surface area contributed by atoms with E-state index in [9.17, 15) is 19.2 Å². The monoisotopic (exact) mass is 328 g/mol. The van der Waals surface area contributed by atoms with Gasteiger partial charge in [0.05, 0.1) is 0 Å². The molecule has 0 aliphatic rings. The van der Waals surface area contributed by atoms with Crippen LogP contribution in [0.4, 0.5) is 0 Å². The molecule has 0 fully saturated rings. The SMILES string of the molecule is CCC(C=O)(CC)OC(=O)CCCC(=O)OC(C=O)(CC)CC. The second-order valence-electron chi connectivity index (χ2n) is 5.58. The highest BCUT2D eigenvalue weighted by Gasteiger charge is 2.31. The summed E-state index contributed by atoms with van der Waals surface area (Å²) in [7, 11) is 0. The van der Waals surface area contributed by atoms with E-state index in [1.54, 1.807) is 27.7 Å². The van der Waals surface area contributed by atoms with E-state index in [0.717, 1.165) is 0 Å². The fourth-order valence-electron chi connectivity index (χ4n) is 2.10. The zero-order chi connectivity index (χ0) is 17.9. The lowest BCUT2D eigenvalue weighted by Gasteiger charge is -2.26. The molecule has 0 aromatic rings. The second kappa shape index (κ2) is 10.1. The summed E-state index contributed by atoms with van der Waals surface area (Å²) in [5.74, 6) is -1.03. The fraction of sp³-hybridized carbons (Fsp3) is 0.765. The topological polar surface area (TPSA) is 86.7 Å². The summed E-state index contributed by atoms with van der Waals surface area (Å²) in [4.78, 5) is 45.7. The molecular weight excluding hydrogens is 300 g/mol. The first kappa shape index (κ1) is 21.3. The minimum Gasteiger partial charge on any atom is -0.451 e. The molecule has 6 nitrogen and oxygen atoms in total. The quantitative estimate of drug-likeness (QED) is 0.404. The van der Waals surface area contributed by atoms with Crippen LogP contribution in [-0.2, 0) is 28.7 Å². The lowest BCUT2D eigenvalue weighted by atomic mass is 9.99. The third-order valence-electron chi connectivity index (χ3n) is 4.22. The van der Waals surface area contributed by atoms with Crippen LogP contribution in [0.5, 0.6) is 0 Å². The summed E-state index contributed by atoms with van der Waals surface area (Å²) >= 11 is 0. The molecule has 0 unspecified atom stereocenters. The minimum absolute atomic E-state index is 0.0248. The third-order valence-corrected chi connectivity index (χ3v) is 4.22. The van der Waals surface area contributed by atoms with Crippen molar-refractivity contribution in [1.82, 2.24) is 0 Å². The minimum atomic E-state index is -1.07. The maximum Gasteiger partial charge on any atom is 0.306 e. The molecule has 6 heteroatoms. The van der Waals surface area contributed by atoms with E-state index in [2.05, 4.69) is 0 Å². The van der Waals surface area contributed by atoms with Gasteiger partial charge in [-0.05, 0) is 32.1 Å². The van der Waals surface area contributed by atoms with Gasteiger partial charge in [-0.3, -0.25) is 19.2 Å². The van der Waals surface area contributed by atoms with Crippen LogP contribution in [0.3, 0.4) is 0 Å². The normalized spacial score (nSPS) is 11.7. The maximum atomic E-state index is 11.8. The second-order valence-corrected chi connectivity index (χ2v) is 5.58. The van der Waals surface area contributed by atoms with Gasteiger partial charge >= 0.3 is 11.9 Å². The van der Waals surface area contributed by atoms with E-state index in [0.29, 0.717) is 38.3 Å². The molecule has 0 saturated carbocycles. The van der Waals surface area contributed by atoms with Crippen molar-refractivity contribution in [2.75, 3.05) is 0 Å². The zero-order valence-electron chi connectivity index (χ0n) is 14.6. The van der Waals surface area contributed by atoms with Crippen molar-refractivity contribution in [3.63, 3.8) is 0 Å². The van der Waals surface area contributed by atoms with Gasteiger partial charge in [0.25, 0.3) is 0 Å². The Balaban J connectivity index is 4.34. The van der Waals surface area contributed by atoms with Gasteiger partial charge in [-0.1, -0.05) is 27.7 Å². The van der Waals surface area contributed by atoms with Gasteiger partial charge < -0.3 is 9.47 Å².